The predicted octanol–water partition coefficient (Wildman–Crippen LogP) is 0.409. The monoisotopic (exact) mass is 279 g/mol. The molecule has 0 atom stereocenters. The normalized spacial score (nSPS) is 15.8. The van der Waals surface area contributed by atoms with E-state index in [1.165, 1.54) is 4.90 Å². The molecular weight excluding hydrogens is 262 g/mol. The minimum Gasteiger partial charge on any atom is -0.473 e. The van der Waals surface area contributed by atoms with Gasteiger partial charge in [-0.1, -0.05) is 0 Å². The van der Waals surface area contributed by atoms with Gasteiger partial charge in [-0.05, 0) is 6.92 Å². The van der Waals surface area contributed by atoms with Crippen LogP contribution in [0.25, 0.3) is 0 Å². The molecule has 1 aliphatic rings. The highest BCUT2D eigenvalue weighted by Gasteiger charge is 2.28. The van der Waals surface area contributed by atoms with Crippen molar-refractivity contribution in [2.24, 2.45) is 0 Å². The van der Waals surface area contributed by atoms with Crippen molar-refractivity contribution in [2.75, 3.05) is 19.7 Å². The average molecular weight is 279 g/mol. The van der Waals surface area contributed by atoms with E-state index in [4.69, 9.17) is 9.47 Å². The Balaban J connectivity index is 1.80. The van der Waals surface area contributed by atoms with Crippen molar-refractivity contribution < 1.29 is 19.1 Å². The van der Waals surface area contributed by atoms with Crippen molar-refractivity contribution in [2.45, 2.75) is 25.9 Å². The first kappa shape index (κ1) is 14.2. The average Bonchev–Trinajstić information content (AvgIpc) is 2.48. The highest BCUT2D eigenvalue weighted by Crippen LogP contribution is 2.16. The van der Waals surface area contributed by atoms with E-state index in [-0.39, 0.29) is 12.7 Å². The zero-order chi connectivity index (χ0) is 14.4. The predicted molar refractivity (Wildman–Crippen MR) is 68.9 cm³/mol. The van der Waals surface area contributed by atoms with Crippen LogP contribution in [0.1, 0.15) is 19.8 Å². The topological polar surface area (TPSA) is 81.6 Å². The quantitative estimate of drug-likeness (QED) is 0.589. The van der Waals surface area contributed by atoms with Crippen molar-refractivity contribution in [1.82, 2.24) is 14.9 Å². The van der Waals surface area contributed by atoms with Crippen LogP contribution in [0, 0.1) is 0 Å². The van der Waals surface area contributed by atoms with Gasteiger partial charge in [0.1, 0.15) is 6.10 Å². The molecule has 0 spiro atoms. The summed E-state index contributed by atoms with van der Waals surface area (Å²) in [5.41, 5.74) is 0. The van der Waals surface area contributed by atoms with Crippen LogP contribution in [-0.2, 0) is 14.3 Å². The standard InChI is InChI=1S/C13H17N3O4/c1-2-19-13(18)12(17)16-7-3-10(4-8-16)20-11-9-14-5-6-15-11/h5-6,9-10H,2-4,7-8H2,1H3. The first-order chi connectivity index (χ1) is 9.70. The van der Waals surface area contributed by atoms with Crippen LogP contribution in [0.2, 0.25) is 0 Å². The number of likely N-dealkylation sites (tertiary alicyclic amines) is 1. The zero-order valence-corrected chi connectivity index (χ0v) is 11.3. The van der Waals surface area contributed by atoms with Gasteiger partial charge in [0.15, 0.2) is 0 Å². The molecule has 108 valence electrons. The van der Waals surface area contributed by atoms with Crippen LogP contribution in [0.5, 0.6) is 5.88 Å². The molecule has 1 saturated heterocycles. The smallest absolute Gasteiger partial charge is 0.397 e. The maximum atomic E-state index is 11.7. The third-order valence-electron chi connectivity index (χ3n) is 3.01. The summed E-state index contributed by atoms with van der Waals surface area (Å²) in [6.07, 6.45) is 5.99. The second-order valence-corrected chi connectivity index (χ2v) is 4.37. The van der Waals surface area contributed by atoms with Crippen molar-refractivity contribution in [3.63, 3.8) is 0 Å². The van der Waals surface area contributed by atoms with Crippen LogP contribution in [0.4, 0.5) is 0 Å². The summed E-state index contributed by atoms with van der Waals surface area (Å²) in [5.74, 6) is -0.895. The number of aromatic nitrogens is 2. The largest absolute Gasteiger partial charge is 0.473 e. The van der Waals surface area contributed by atoms with E-state index in [1.54, 1.807) is 25.5 Å². The molecular formula is C13H17N3O4. The van der Waals surface area contributed by atoms with Crippen molar-refractivity contribution in [3.05, 3.63) is 18.6 Å². The van der Waals surface area contributed by atoms with Crippen molar-refractivity contribution in [1.29, 1.82) is 0 Å². The Labute approximate surface area is 116 Å². The highest BCUT2D eigenvalue weighted by atomic mass is 16.5. The molecule has 0 aromatic carbocycles. The van der Waals surface area contributed by atoms with Gasteiger partial charge in [0.2, 0.25) is 5.88 Å². The summed E-state index contributed by atoms with van der Waals surface area (Å²) in [5, 5.41) is 0. The number of carbonyl (C=O) groups excluding carboxylic acids is 2. The Morgan fingerprint density at radius 2 is 2.10 bits per heavy atom. The number of nitrogens with zero attached hydrogens (tertiary/aromatic N) is 3. The molecule has 0 radical (unpaired) electrons. The highest BCUT2D eigenvalue weighted by molar-refractivity contribution is 6.32. The zero-order valence-electron chi connectivity index (χ0n) is 11.3. The first-order valence-electron chi connectivity index (χ1n) is 6.59. The van der Waals surface area contributed by atoms with E-state index in [1.807, 2.05) is 0 Å². The Bertz CT molecular complexity index is 458. The number of carbonyl (C=O) groups is 2. The number of rotatable bonds is 3. The van der Waals surface area contributed by atoms with Gasteiger partial charge < -0.3 is 14.4 Å². The van der Waals surface area contributed by atoms with Crippen LogP contribution in [0.3, 0.4) is 0 Å². The number of amides is 1. The second kappa shape index (κ2) is 6.83. The molecule has 0 N–H and O–H groups in total. The summed E-state index contributed by atoms with van der Waals surface area (Å²) in [6.45, 7) is 2.83. The van der Waals surface area contributed by atoms with Gasteiger partial charge in [0, 0.05) is 38.3 Å². The number of piperidine rings is 1. The Hall–Kier alpha value is -2.18. The Kier molecular flexibility index (Phi) is 4.86. The molecule has 1 aromatic rings. The van der Waals surface area contributed by atoms with Crippen molar-refractivity contribution >= 4 is 11.9 Å². The van der Waals surface area contributed by atoms with Crippen molar-refractivity contribution in [3.8, 4) is 5.88 Å². The van der Waals surface area contributed by atoms with Gasteiger partial charge in [-0.2, -0.15) is 0 Å². The summed E-state index contributed by atoms with van der Waals surface area (Å²) in [4.78, 5) is 32.6. The fourth-order valence-electron chi connectivity index (χ4n) is 2.02. The lowest BCUT2D eigenvalue weighted by molar-refractivity contribution is -0.160. The molecule has 7 heteroatoms. The molecule has 1 aromatic heterocycles. The van der Waals surface area contributed by atoms with E-state index in [0.29, 0.717) is 31.8 Å². The molecule has 0 unspecified atom stereocenters. The van der Waals surface area contributed by atoms with Gasteiger partial charge in [-0.15, -0.1) is 0 Å². The van der Waals surface area contributed by atoms with Crippen LogP contribution >= 0.6 is 0 Å². The minimum atomic E-state index is -0.791. The third kappa shape index (κ3) is 3.66. The molecule has 2 heterocycles. The molecule has 1 aliphatic heterocycles. The fraction of sp³-hybridized carbons (Fsp3) is 0.538. The van der Waals surface area contributed by atoms with E-state index >= 15 is 0 Å². The lowest BCUT2D eigenvalue weighted by Gasteiger charge is -2.31. The number of hydrogen-bond acceptors (Lipinski definition) is 6. The lowest BCUT2D eigenvalue weighted by atomic mass is 10.1. The van der Waals surface area contributed by atoms with Crippen LogP contribution in [0.15, 0.2) is 18.6 Å². The van der Waals surface area contributed by atoms with Gasteiger partial charge in [0.05, 0.1) is 12.8 Å². The number of ether oxygens (including phenoxy) is 2. The van der Waals surface area contributed by atoms with Gasteiger partial charge in [-0.3, -0.25) is 9.78 Å². The number of hydrogen-bond donors (Lipinski definition) is 0. The van der Waals surface area contributed by atoms with Crippen LogP contribution in [-0.4, -0.2) is 52.5 Å². The number of esters is 1. The maximum absolute atomic E-state index is 11.7. The van der Waals surface area contributed by atoms with Gasteiger partial charge >= 0.3 is 11.9 Å². The minimum absolute atomic E-state index is 0.0158. The summed E-state index contributed by atoms with van der Waals surface area (Å²) in [7, 11) is 0. The summed E-state index contributed by atoms with van der Waals surface area (Å²) < 4.78 is 10.4. The SMILES string of the molecule is CCOC(=O)C(=O)N1CCC(Oc2cnccn2)CC1. The molecule has 0 bridgehead atoms. The second-order valence-electron chi connectivity index (χ2n) is 4.37. The maximum Gasteiger partial charge on any atom is 0.397 e. The fourth-order valence-corrected chi connectivity index (χ4v) is 2.02. The molecule has 1 fully saturated rings. The summed E-state index contributed by atoms with van der Waals surface area (Å²) >= 11 is 0. The van der Waals surface area contributed by atoms with E-state index in [9.17, 15) is 9.59 Å². The van der Waals surface area contributed by atoms with Crippen LogP contribution < -0.4 is 4.74 Å². The van der Waals surface area contributed by atoms with E-state index in [2.05, 4.69) is 9.97 Å². The molecule has 2 rings (SSSR count). The first-order valence-corrected chi connectivity index (χ1v) is 6.59. The molecule has 1 amide bonds. The summed E-state index contributed by atoms with van der Waals surface area (Å²) in [6, 6.07) is 0. The van der Waals surface area contributed by atoms with Gasteiger partial charge in [0.25, 0.3) is 0 Å². The Morgan fingerprint density at radius 1 is 1.35 bits per heavy atom. The third-order valence-corrected chi connectivity index (χ3v) is 3.01. The van der Waals surface area contributed by atoms with E-state index < -0.39 is 11.9 Å². The molecule has 0 saturated carbocycles. The molecule has 20 heavy (non-hydrogen) atoms. The van der Waals surface area contributed by atoms with E-state index in [0.717, 1.165) is 0 Å². The molecule has 0 aliphatic carbocycles. The molecule has 7 nitrogen and oxygen atoms in total. The lowest BCUT2D eigenvalue weighted by Crippen LogP contribution is -2.45. The Morgan fingerprint density at radius 3 is 2.70 bits per heavy atom. The van der Waals surface area contributed by atoms with Gasteiger partial charge in [-0.25, -0.2) is 9.78 Å².